The number of carbonyl (C=O) groups is 3. The molecule has 1 N–H and O–H groups in total. The summed E-state index contributed by atoms with van der Waals surface area (Å²) in [7, 11) is 3.53. The van der Waals surface area contributed by atoms with Crippen LogP contribution in [0.2, 0.25) is 0 Å². The molecule has 3 saturated heterocycles. The highest BCUT2D eigenvalue weighted by Gasteiger charge is 2.69. The van der Waals surface area contributed by atoms with Crippen LogP contribution in [0.25, 0.3) is 0 Å². The maximum absolute atomic E-state index is 13.1. The molecule has 0 radical (unpaired) electrons. The molecule has 7 fully saturated rings. The Morgan fingerprint density at radius 2 is 1.62 bits per heavy atom. The number of likely N-dealkylation sites (N-methyl/N-ethyl adjacent to an activating group) is 1. The number of amides is 3. The van der Waals surface area contributed by atoms with E-state index in [1.54, 1.807) is 23.9 Å². The zero-order valence-corrected chi connectivity index (χ0v) is 30.1. The lowest BCUT2D eigenvalue weighted by Crippen LogP contribution is -2.56. The summed E-state index contributed by atoms with van der Waals surface area (Å²) < 4.78 is 13.5. The number of fused-ring (bicyclic) bond motifs is 7. The van der Waals surface area contributed by atoms with Gasteiger partial charge in [-0.2, -0.15) is 0 Å². The van der Waals surface area contributed by atoms with Crippen molar-refractivity contribution in [1.82, 2.24) is 20.0 Å². The average Bonchev–Trinajstić information content (AvgIpc) is 3.48. The van der Waals surface area contributed by atoms with Gasteiger partial charge in [-0.1, -0.05) is 27.7 Å². The molecule has 0 aromatic rings. The molecule has 3 heterocycles. The van der Waals surface area contributed by atoms with Crippen LogP contribution in [-0.4, -0.2) is 104 Å². The van der Waals surface area contributed by atoms with E-state index in [4.69, 9.17) is 9.47 Å². The van der Waals surface area contributed by atoms with Crippen molar-refractivity contribution in [3.05, 3.63) is 0 Å². The highest BCUT2D eigenvalue weighted by atomic mass is 16.7. The van der Waals surface area contributed by atoms with E-state index >= 15 is 0 Å². The van der Waals surface area contributed by atoms with Gasteiger partial charge in [0.2, 0.25) is 17.7 Å². The summed E-state index contributed by atoms with van der Waals surface area (Å²) in [6.07, 6.45) is 12.2. The van der Waals surface area contributed by atoms with Gasteiger partial charge in [0.05, 0.1) is 19.3 Å². The molecular weight excluding hydrogens is 592 g/mol. The van der Waals surface area contributed by atoms with Crippen molar-refractivity contribution in [2.75, 3.05) is 53.4 Å². The van der Waals surface area contributed by atoms with Gasteiger partial charge < -0.3 is 24.6 Å². The first kappa shape index (κ1) is 33.8. The fourth-order valence-corrected chi connectivity index (χ4v) is 12.4. The molecule has 9 heteroatoms. The second-order valence-electron chi connectivity index (χ2n) is 17.8. The normalized spacial score (nSPS) is 46.3. The summed E-state index contributed by atoms with van der Waals surface area (Å²) in [5, 5.41) is 3.29. The molecule has 0 aromatic heterocycles. The quantitative estimate of drug-likeness (QED) is 0.438. The summed E-state index contributed by atoms with van der Waals surface area (Å²) in [4.78, 5) is 43.6. The van der Waals surface area contributed by atoms with Crippen LogP contribution in [0.3, 0.4) is 0 Å². The molecule has 47 heavy (non-hydrogen) atoms. The molecule has 9 nitrogen and oxygen atoms in total. The van der Waals surface area contributed by atoms with Gasteiger partial charge in [-0.15, -0.1) is 0 Å². The lowest BCUT2D eigenvalue weighted by Gasteiger charge is -2.61. The third kappa shape index (κ3) is 5.86. The van der Waals surface area contributed by atoms with Crippen molar-refractivity contribution in [1.29, 1.82) is 0 Å². The monoisotopic (exact) mass is 654 g/mol. The number of nitrogens with zero attached hydrogens (tertiary/aromatic N) is 3. The maximum atomic E-state index is 13.1. The third-order valence-corrected chi connectivity index (χ3v) is 15.2. The van der Waals surface area contributed by atoms with Crippen molar-refractivity contribution in [3.63, 3.8) is 0 Å². The van der Waals surface area contributed by atoms with Gasteiger partial charge in [0, 0.05) is 58.7 Å². The molecule has 4 aliphatic carbocycles. The van der Waals surface area contributed by atoms with E-state index in [2.05, 4.69) is 37.9 Å². The maximum Gasteiger partial charge on any atom is 0.236 e. The number of rotatable bonds is 5. The zero-order chi connectivity index (χ0) is 33.3. The van der Waals surface area contributed by atoms with E-state index in [9.17, 15) is 14.4 Å². The topological polar surface area (TPSA) is 91.4 Å². The fourth-order valence-electron chi connectivity index (χ4n) is 12.4. The number of nitrogens with one attached hydrogen (secondary N) is 1. The van der Waals surface area contributed by atoms with Crippen LogP contribution in [0.15, 0.2) is 0 Å². The zero-order valence-electron chi connectivity index (χ0n) is 30.1. The Morgan fingerprint density at radius 1 is 0.872 bits per heavy atom. The van der Waals surface area contributed by atoms with Gasteiger partial charge in [0.25, 0.3) is 0 Å². The number of ether oxygens (including phenoxy) is 2. The highest BCUT2D eigenvalue weighted by Crippen LogP contribution is 2.71. The third-order valence-electron chi connectivity index (χ3n) is 15.2. The Labute approximate surface area is 283 Å². The molecule has 12 atom stereocenters. The average molecular weight is 655 g/mol. The van der Waals surface area contributed by atoms with Gasteiger partial charge in [-0.3, -0.25) is 19.3 Å². The molecule has 1 spiro atoms. The minimum Gasteiger partial charge on any atom is -0.353 e. The molecule has 264 valence electrons. The summed E-state index contributed by atoms with van der Waals surface area (Å²) in [6, 6.07) is 0.169. The Balaban J connectivity index is 0.913. The predicted molar refractivity (Wildman–Crippen MR) is 180 cm³/mol. The van der Waals surface area contributed by atoms with Crippen molar-refractivity contribution in [3.8, 4) is 0 Å². The second-order valence-corrected chi connectivity index (χ2v) is 17.8. The van der Waals surface area contributed by atoms with E-state index in [1.807, 2.05) is 0 Å². The van der Waals surface area contributed by atoms with Crippen LogP contribution in [0, 0.1) is 52.3 Å². The first-order valence-electron chi connectivity index (χ1n) is 19.1. The van der Waals surface area contributed by atoms with E-state index in [1.165, 1.54) is 44.9 Å². The molecule has 4 saturated carbocycles. The van der Waals surface area contributed by atoms with Crippen molar-refractivity contribution < 1.29 is 23.9 Å². The van der Waals surface area contributed by atoms with Gasteiger partial charge in [0.1, 0.15) is 6.42 Å². The molecular formula is C38H62N4O5. The number of hydrogen-bond donors (Lipinski definition) is 1. The largest absolute Gasteiger partial charge is 0.353 e. The lowest BCUT2D eigenvalue weighted by atomic mass is 9.44. The Hall–Kier alpha value is -1.71. The van der Waals surface area contributed by atoms with Crippen LogP contribution in [0.1, 0.15) is 98.3 Å². The standard InChI is InChI=1S/C38H62N4O5/c1-24-9-14-38(46-23-24)25(2)35-31(47-38)20-30-28-8-7-26-19-27(10-12-36(26,3)29(28)11-13-37(30,35)4)39-32(43)21-33(44)42-17-15-41(16-18-42)22-34(45)40(5)6/h24-31,35H,7-23H2,1-6H3,(H,39,43)/t24-,25+,26-,27-,28-,29?,30+,31+,35+,36+,37+,38-/m1/s1. The second kappa shape index (κ2) is 12.6. The summed E-state index contributed by atoms with van der Waals surface area (Å²) in [5.74, 6) is 4.15. The summed E-state index contributed by atoms with van der Waals surface area (Å²) in [5.41, 5.74) is 0.682. The molecule has 7 aliphatic rings. The predicted octanol–water partition coefficient (Wildman–Crippen LogP) is 4.54. The highest BCUT2D eigenvalue weighted by molar-refractivity contribution is 5.97. The van der Waals surface area contributed by atoms with Crippen molar-refractivity contribution in [2.45, 2.75) is 116 Å². The van der Waals surface area contributed by atoms with E-state index in [0.717, 1.165) is 43.6 Å². The van der Waals surface area contributed by atoms with Crippen LogP contribution >= 0.6 is 0 Å². The summed E-state index contributed by atoms with van der Waals surface area (Å²) in [6.45, 7) is 13.6. The Bertz CT molecular complexity index is 1210. The fraction of sp³-hybridized carbons (Fsp3) is 0.921. The SMILES string of the molecule is C[C@@H]1CC[C@@]2(OC1)O[C@H]1C[C@H]3[C@@H]4CC[C@@H]5C[C@H](NC(=O)CC(=O)N6CCN(CC(=O)N(C)C)CC6)CC[C@]5(C)C4CC[C@]3(C)[C@H]1[C@@H]2C. The Morgan fingerprint density at radius 3 is 2.32 bits per heavy atom. The van der Waals surface area contributed by atoms with Crippen LogP contribution in [-0.2, 0) is 23.9 Å². The molecule has 7 rings (SSSR count). The van der Waals surface area contributed by atoms with E-state index in [0.29, 0.717) is 73.3 Å². The van der Waals surface area contributed by atoms with Gasteiger partial charge in [-0.25, -0.2) is 0 Å². The minimum atomic E-state index is -0.341. The summed E-state index contributed by atoms with van der Waals surface area (Å²) >= 11 is 0. The van der Waals surface area contributed by atoms with Crippen LogP contribution in [0.5, 0.6) is 0 Å². The minimum absolute atomic E-state index is 0.0749. The first-order chi connectivity index (χ1) is 22.3. The molecule has 0 bridgehead atoms. The van der Waals surface area contributed by atoms with E-state index in [-0.39, 0.29) is 36.0 Å². The molecule has 0 aromatic carbocycles. The van der Waals surface area contributed by atoms with E-state index < -0.39 is 0 Å². The number of carbonyl (C=O) groups excluding carboxylic acids is 3. The van der Waals surface area contributed by atoms with Gasteiger partial charge in [0.15, 0.2) is 5.79 Å². The van der Waals surface area contributed by atoms with Crippen LogP contribution in [0.4, 0.5) is 0 Å². The molecule has 1 unspecified atom stereocenters. The van der Waals surface area contributed by atoms with Crippen LogP contribution < -0.4 is 5.32 Å². The number of piperazine rings is 1. The smallest absolute Gasteiger partial charge is 0.236 e. The first-order valence-corrected chi connectivity index (χ1v) is 19.1. The Kier molecular flexibility index (Phi) is 9.03. The van der Waals surface area contributed by atoms with Gasteiger partial charge >= 0.3 is 0 Å². The van der Waals surface area contributed by atoms with Crippen molar-refractivity contribution in [2.24, 2.45) is 52.3 Å². The molecule has 3 amide bonds. The van der Waals surface area contributed by atoms with Gasteiger partial charge in [-0.05, 0) is 104 Å². The lowest BCUT2D eigenvalue weighted by molar-refractivity contribution is -0.273. The number of hydrogen-bond acceptors (Lipinski definition) is 6. The van der Waals surface area contributed by atoms with Crippen molar-refractivity contribution >= 4 is 17.7 Å². The molecule has 3 aliphatic heterocycles.